The maximum Gasteiger partial charge on any atom is 0.160 e. The minimum absolute atomic E-state index is 0.0289. The summed E-state index contributed by atoms with van der Waals surface area (Å²) in [6, 6.07) is 0. The molecule has 1 aliphatic carbocycles. The zero-order valence-electron chi connectivity index (χ0n) is 11.4. The Bertz CT molecular complexity index is 258. The standard InChI is InChI=1S/C15H26O2/c1-4-15(5-2)10-16-14(17-11-15)13-9-7-6-8-12(13)3/h6-7,12-14H,4-5,8-11H2,1-3H3/t12-,13-/m0/s1. The van der Waals surface area contributed by atoms with Crippen molar-refractivity contribution in [3.63, 3.8) is 0 Å². The summed E-state index contributed by atoms with van der Waals surface area (Å²) in [5.74, 6) is 1.23. The van der Waals surface area contributed by atoms with Crippen LogP contribution in [-0.4, -0.2) is 19.5 Å². The summed E-state index contributed by atoms with van der Waals surface area (Å²) in [4.78, 5) is 0. The molecule has 17 heavy (non-hydrogen) atoms. The van der Waals surface area contributed by atoms with Crippen LogP contribution in [0.15, 0.2) is 12.2 Å². The summed E-state index contributed by atoms with van der Waals surface area (Å²) in [6.45, 7) is 8.53. The molecule has 2 rings (SSSR count). The van der Waals surface area contributed by atoms with E-state index in [1.807, 2.05) is 0 Å². The molecule has 0 bridgehead atoms. The highest BCUT2D eigenvalue weighted by molar-refractivity contribution is 4.95. The van der Waals surface area contributed by atoms with Crippen LogP contribution < -0.4 is 0 Å². The Morgan fingerprint density at radius 1 is 1.06 bits per heavy atom. The molecule has 0 radical (unpaired) electrons. The largest absolute Gasteiger partial charge is 0.352 e. The van der Waals surface area contributed by atoms with Gasteiger partial charge in [-0.15, -0.1) is 0 Å². The third kappa shape index (κ3) is 2.74. The molecule has 2 nitrogen and oxygen atoms in total. The molecule has 2 aliphatic rings. The molecule has 0 aromatic rings. The number of ether oxygens (including phenoxy) is 2. The van der Waals surface area contributed by atoms with E-state index in [2.05, 4.69) is 32.9 Å². The molecular weight excluding hydrogens is 212 g/mol. The maximum absolute atomic E-state index is 6.03. The molecule has 2 atom stereocenters. The van der Waals surface area contributed by atoms with Crippen LogP contribution in [0, 0.1) is 17.3 Å². The third-order valence-corrected chi connectivity index (χ3v) is 4.77. The van der Waals surface area contributed by atoms with Gasteiger partial charge in [0.1, 0.15) is 0 Å². The van der Waals surface area contributed by atoms with Crippen LogP contribution in [0.4, 0.5) is 0 Å². The Labute approximate surface area is 105 Å². The molecule has 0 amide bonds. The Kier molecular flexibility index (Phi) is 4.26. The highest BCUT2D eigenvalue weighted by Crippen LogP contribution is 2.37. The van der Waals surface area contributed by atoms with Gasteiger partial charge in [0.05, 0.1) is 13.2 Å². The van der Waals surface area contributed by atoms with E-state index in [0.29, 0.717) is 11.8 Å². The quantitative estimate of drug-likeness (QED) is 0.697. The Morgan fingerprint density at radius 2 is 1.65 bits per heavy atom. The minimum Gasteiger partial charge on any atom is -0.352 e. The summed E-state index contributed by atoms with van der Waals surface area (Å²) in [7, 11) is 0. The molecular formula is C15H26O2. The van der Waals surface area contributed by atoms with Crippen LogP contribution in [0.5, 0.6) is 0 Å². The van der Waals surface area contributed by atoms with Crippen LogP contribution in [-0.2, 0) is 9.47 Å². The van der Waals surface area contributed by atoms with Crippen molar-refractivity contribution in [1.82, 2.24) is 0 Å². The number of hydrogen-bond acceptors (Lipinski definition) is 2. The number of hydrogen-bond donors (Lipinski definition) is 0. The van der Waals surface area contributed by atoms with E-state index in [9.17, 15) is 0 Å². The average Bonchev–Trinajstić information content (AvgIpc) is 2.40. The van der Waals surface area contributed by atoms with E-state index >= 15 is 0 Å². The van der Waals surface area contributed by atoms with Gasteiger partial charge in [0, 0.05) is 11.3 Å². The van der Waals surface area contributed by atoms with E-state index in [1.54, 1.807) is 0 Å². The molecule has 1 heterocycles. The lowest BCUT2D eigenvalue weighted by molar-refractivity contribution is -0.257. The van der Waals surface area contributed by atoms with Gasteiger partial charge in [0.15, 0.2) is 6.29 Å². The summed E-state index contributed by atoms with van der Waals surface area (Å²) in [5, 5.41) is 0. The average molecular weight is 238 g/mol. The molecule has 0 aromatic carbocycles. The zero-order valence-corrected chi connectivity index (χ0v) is 11.4. The summed E-state index contributed by atoms with van der Waals surface area (Å²) in [6.07, 6.45) is 9.16. The monoisotopic (exact) mass is 238 g/mol. The lowest BCUT2D eigenvalue weighted by Gasteiger charge is -2.43. The lowest BCUT2D eigenvalue weighted by atomic mass is 9.81. The van der Waals surface area contributed by atoms with Crippen molar-refractivity contribution in [1.29, 1.82) is 0 Å². The smallest absolute Gasteiger partial charge is 0.160 e. The van der Waals surface area contributed by atoms with Gasteiger partial charge in [-0.05, 0) is 31.6 Å². The molecule has 98 valence electrons. The van der Waals surface area contributed by atoms with Crippen LogP contribution in [0.2, 0.25) is 0 Å². The molecule has 1 aliphatic heterocycles. The molecule has 0 aromatic heterocycles. The van der Waals surface area contributed by atoms with Crippen molar-refractivity contribution in [3.05, 3.63) is 12.2 Å². The first-order valence-corrected chi connectivity index (χ1v) is 7.09. The van der Waals surface area contributed by atoms with Crippen molar-refractivity contribution in [2.24, 2.45) is 17.3 Å². The van der Waals surface area contributed by atoms with Gasteiger partial charge in [-0.2, -0.15) is 0 Å². The third-order valence-electron chi connectivity index (χ3n) is 4.77. The fraction of sp³-hybridized carbons (Fsp3) is 0.867. The predicted octanol–water partition coefficient (Wildman–Crippen LogP) is 3.77. The molecule has 0 N–H and O–H groups in total. The lowest BCUT2D eigenvalue weighted by Crippen LogP contribution is -2.45. The normalized spacial score (nSPS) is 33.8. The van der Waals surface area contributed by atoms with Crippen molar-refractivity contribution >= 4 is 0 Å². The van der Waals surface area contributed by atoms with E-state index < -0.39 is 0 Å². The maximum atomic E-state index is 6.03. The van der Waals surface area contributed by atoms with Gasteiger partial charge in [0.25, 0.3) is 0 Å². The first-order valence-electron chi connectivity index (χ1n) is 7.09. The van der Waals surface area contributed by atoms with E-state index in [1.165, 1.54) is 6.42 Å². The topological polar surface area (TPSA) is 18.5 Å². The second-order valence-corrected chi connectivity index (χ2v) is 5.78. The molecule has 0 spiro atoms. The van der Waals surface area contributed by atoms with Crippen molar-refractivity contribution < 1.29 is 9.47 Å². The fourth-order valence-electron chi connectivity index (χ4n) is 2.86. The predicted molar refractivity (Wildman–Crippen MR) is 69.7 cm³/mol. The molecule has 0 unspecified atom stereocenters. The Balaban J connectivity index is 1.92. The summed E-state index contributed by atoms with van der Waals surface area (Å²) < 4.78 is 12.1. The summed E-state index contributed by atoms with van der Waals surface area (Å²) in [5.41, 5.74) is 0.268. The van der Waals surface area contributed by atoms with Crippen molar-refractivity contribution in [2.75, 3.05) is 13.2 Å². The van der Waals surface area contributed by atoms with Gasteiger partial charge < -0.3 is 9.47 Å². The molecule has 1 fully saturated rings. The van der Waals surface area contributed by atoms with Gasteiger partial charge in [-0.3, -0.25) is 0 Å². The molecule has 2 heteroatoms. The molecule has 1 saturated heterocycles. The number of rotatable bonds is 3. The summed E-state index contributed by atoms with van der Waals surface area (Å²) >= 11 is 0. The molecule has 0 saturated carbocycles. The van der Waals surface area contributed by atoms with E-state index in [-0.39, 0.29) is 11.7 Å². The van der Waals surface area contributed by atoms with E-state index in [0.717, 1.165) is 32.5 Å². The highest BCUT2D eigenvalue weighted by Gasteiger charge is 2.38. The van der Waals surface area contributed by atoms with Crippen LogP contribution in [0.1, 0.15) is 46.5 Å². The van der Waals surface area contributed by atoms with Crippen molar-refractivity contribution in [2.45, 2.75) is 52.7 Å². The van der Waals surface area contributed by atoms with Gasteiger partial charge in [-0.1, -0.05) is 32.9 Å². The second-order valence-electron chi connectivity index (χ2n) is 5.78. The SMILES string of the molecule is CCC1(CC)COC([C@H]2CC=CC[C@@H]2C)OC1. The fourth-order valence-corrected chi connectivity index (χ4v) is 2.86. The Hall–Kier alpha value is -0.340. The van der Waals surface area contributed by atoms with E-state index in [4.69, 9.17) is 9.47 Å². The second kappa shape index (κ2) is 5.53. The highest BCUT2D eigenvalue weighted by atomic mass is 16.7. The first kappa shape index (κ1) is 13.1. The zero-order chi connectivity index (χ0) is 12.3. The Morgan fingerprint density at radius 3 is 2.18 bits per heavy atom. The van der Waals surface area contributed by atoms with Gasteiger partial charge in [-0.25, -0.2) is 0 Å². The first-order chi connectivity index (χ1) is 8.21. The van der Waals surface area contributed by atoms with Crippen LogP contribution >= 0.6 is 0 Å². The van der Waals surface area contributed by atoms with Crippen LogP contribution in [0.25, 0.3) is 0 Å². The minimum atomic E-state index is 0.0289. The van der Waals surface area contributed by atoms with Gasteiger partial charge in [0.2, 0.25) is 0 Å². The van der Waals surface area contributed by atoms with Gasteiger partial charge >= 0.3 is 0 Å². The van der Waals surface area contributed by atoms with Crippen LogP contribution in [0.3, 0.4) is 0 Å². The van der Waals surface area contributed by atoms with Crippen molar-refractivity contribution in [3.8, 4) is 0 Å². The number of allylic oxidation sites excluding steroid dienone is 2.